The number of rotatable bonds is 2. The summed E-state index contributed by atoms with van der Waals surface area (Å²) >= 11 is 3.40. The van der Waals surface area contributed by atoms with Crippen LogP contribution in [-0.4, -0.2) is 38.0 Å². The zero-order valence-corrected chi connectivity index (χ0v) is 12.2. The lowest BCUT2D eigenvalue weighted by atomic mass is 9.92. The molecule has 3 rings (SSSR count). The van der Waals surface area contributed by atoms with Gasteiger partial charge in [0.2, 0.25) is 0 Å². The second-order valence-corrected chi connectivity index (χ2v) is 5.61. The molecule has 1 fully saturated rings. The van der Waals surface area contributed by atoms with Crippen LogP contribution in [0, 0.1) is 0 Å². The summed E-state index contributed by atoms with van der Waals surface area (Å²) in [6, 6.07) is -0.529. The van der Waals surface area contributed by atoms with Gasteiger partial charge >= 0.3 is 5.97 Å². The minimum atomic E-state index is -0.823. The number of fused-ring (bicyclic) bond motifs is 1. The van der Waals surface area contributed by atoms with E-state index in [-0.39, 0.29) is 5.92 Å². The van der Waals surface area contributed by atoms with Crippen LogP contribution in [0.2, 0.25) is 0 Å². The number of aromatic nitrogens is 3. The summed E-state index contributed by atoms with van der Waals surface area (Å²) in [5.41, 5.74) is 6.60. The lowest BCUT2D eigenvalue weighted by molar-refractivity contribution is -0.140. The van der Waals surface area contributed by atoms with E-state index in [0.717, 1.165) is 17.8 Å². The fourth-order valence-corrected chi connectivity index (χ4v) is 3.25. The zero-order valence-electron chi connectivity index (χ0n) is 10.6. The molecule has 0 spiro atoms. The molecule has 0 radical (unpaired) electrons. The van der Waals surface area contributed by atoms with Gasteiger partial charge in [-0.2, -0.15) is 0 Å². The Hall–Kier alpha value is -1.67. The first-order valence-corrected chi connectivity index (χ1v) is 7.11. The number of carboxylic acid groups (broad SMARTS) is 1. The maximum Gasteiger partial charge on any atom is 0.320 e. The van der Waals surface area contributed by atoms with Gasteiger partial charge in [0.25, 0.3) is 0 Å². The Labute approximate surface area is 123 Å². The highest BCUT2D eigenvalue weighted by molar-refractivity contribution is 9.10. The number of halogens is 1. The molecule has 0 amide bonds. The quantitative estimate of drug-likeness (QED) is 0.753. The number of nitrogens with zero attached hydrogens (tertiary/aromatic N) is 3. The van der Waals surface area contributed by atoms with Crippen molar-refractivity contribution in [3.05, 3.63) is 22.8 Å². The molecule has 0 aromatic carbocycles. The van der Waals surface area contributed by atoms with Crippen LogP contribution in [0.15, 0.2) is 17.0 Å². The van der Waals surface area contributed by atoms with Crippen LogP contribution in [0.1, 0.15) is 24.6 Å². The Morgan fingerprint density at radius 2 is 2.40 bits per heavy atom. The molecule has 1 aliphatic heterocycles. The van der Waals surface area contributed by atoms with Crippen LogP contribution in [0.3, 0.4) is 0 Å². The van der Waals surface area contributed by atoms with Gasteiger partial charge in [0.1, 0.15) is 22.0 Å². The molecule has 4 N–H and O–H groups in total. The van der Waals surface area contributed by atoms with Gasteiger partial charge in [0.15, 0.2) is 5.82 Å². The van der Waals surface area contributed by atoms with Gasteiger partial charge in [0.05, 0.1) is 0 Å². The molecule has 1 aliphatic rings. The van der Waals surface area contributed by atoms with Gasteiger partial charge in [0, 0.05) is 18.3 Å². The Morgan fingerprint density at radius 3 is 3.15 bits per heavy atom. The van der Waals surface area contributed by atoms with Crippen LogP contribution in [0.5, 0.6) is 0 Å². The number of aliphatic carboxylic acids is 1. The van der Waals surface area contributed by atoms with Gasteiger partial charge in [-0.25, -0.2) is 9.97 Å². The fraction of sp³-hybridized carbons (Fsp3) is 0.417. The zero-order chi connectivity index (χ0) is 14.3. The van der Waals surface area contributed by atoms with Crippen LogP contribution >= 0.6 is 15.9 Å². The van der Waals surface area contributed by atoms with E-state index >= 15 is 0 Å². The second-order valence-electron chi connectivity index (χ2n) is 4.86. The smallest absolute Gasteiger partial charge is 0.320 e. The van der Waals surface area contributed by atoms with Crippen LogP contribution in [-0.2, 0) is 4.79 Å². The third-order valence-corrected chi connectivity index (χ3v) is 4.19. The lowest BCUT2D eigenvalue weighted by Crippen LogP contribution is -2.43. The molecule has 8 heteroatoms. The first kappa shape index (κ1) is 13.3. The van der Waals surface area contributed by atoms with Gasteiger partial charge in [-0.1, -0.05) is 0 Å². The number of carbonyl (C=O) groups is 1. The third kappa shape index (κ3) is 2.14. The first-order valence-electron chi connectivity index (χ1n) is 6.32. The van der Waals surface area contributed by atoms with Gasteiger partial charge in [-0.15, -0.1) is 0 Å². The maximum absolute atomic E-state index is 11.1. The topological polar surface area (TPSA) is 106 Å². The second kappa shape index (κ2) is 5.02. The van der Waals surface area contributed by atoms with E-state index in [4.69, 9.17) is 10.8 Å². The molecule has 2 aromatic heterocycles. The van der Waals surface area contributed by atoms with E-state index in [2.05, 4.69) is 31.2 Å². The average Bonchev–Trinajstić information content (AvgIpc) is 2.78. The largest absolute Gasteiger partial charge is 0.480 e. The van der Waals surface area contributed by atoms with E-state index in [0.29, 0.717) is 23.4 Å². The molecule has 7 nitrogen and oxygen atoms in total. The minimum absolute atomic E-state index is 0.0814. The van der Waals surface area contributed by atoms with Crippen molar-refractivity contribution >= 4 is 33.2 Å². The molecule has 1 saturated heterocycles. The molecule has 106 valence electrons. The predicted molar refractivity (Wildman–Crippen MR) is 76.5 cm³/mol. The van der Waals surface area contributed by atoms with E-state index in [9.17, 15) is 4.79 Å². The molecule has 0 bridgehead atoms. The standard InChI is InChI=1S/C12H14BrN5O2/c13-9-8-10(14)16-3-4-18(8)11(17-9)6-1-2-15-7(5-6)12(19)20/h3-4,6-7,15H,1-2,5H2,(H2,14,16)(H,19,20)/t6-,7-/m1/s1. The summed E-state index contributed by atoms with van der Waals surface area (Å²) in [7, 11) is 0. The maximum atomic E-state index is 11.1. The summed E-state index contributed by atoms with van der Waals surface area (Å²) in [5, 5.41) is 12.1. The molecule has 2 aromatic rings. The molecule has 2 atom stereocenters. The van der Waals surface area contributed by atoms with Crippen LogP contribution < -0.4 is 11.1 Å². The van der Waals surface area contributed by atoms with Crippen molar-refractivity contribution in [1.82, 2.24) is 19.7 Å². The first-order chi connectivity index (χ1) is 9.58. The molecule has 0 aliphatic carbocycles. The van der Waals surface area contributed by atoms with Crippen LogP contribution in [0.25, 0.3) is 5.52 Å². The van der Waals surface area contributed by atoms with Crippen molar-refractivity contribution in [3.8, 4) is 0 Å². The lowest BCUT2D eigenvalue weighted by Gasteiger charge is -2.26. The molecule has 3 heterocycles. The van der Waals surface area contributed by atoms with Gasteiger partial charge < -0.3 is 16.2 Å². The summed E-state index contributed by atoms with van der Waals surface area (Å²) in [6.07, 6.45) is 4.78. The number of nitrogens with one attached hydrogen (secondary N) is 1. The number of nitrogens with two attached hydrogens (primary N) is 1. The minimum Gasteiger partial charge on any atom is -0.480 e. The highest BCUT2D eigenvalue weighted by atomic mass is 79.9. The molecular formula is C12H14BrN5O2. The van der Waals surface area contributed by atoms with E-state index in [1.807, 2.05) is 4.40 Å². The number of carboxylic acids is 1. The highest BCUT2D eigenvalue weighted by Gasteiger charge is 2.30. The summed E-state index contributed by atoms with van der Waals surface area (Å²) in [6.45, 7) is 0.661. The van der Waals surface area contributed by atoms with Crippen molar-refractivity contribution in [2.24, 2.45) is 0 Å². The Balaban J connectivity index is 2.02. The Bertz CT molecular complexity index is 671. The number of imidazole rings is 1. The SMILES string of the molecule is Nc1nccn2c([C@@H]3CCN[C@@H](C(=O)O)C3)nc(Br)c12. The van der Waals surface area contributed by atoms with Crippen molar-refractivity contribution in [3.63, 3.8) is 0 Å². The average molecular weight is 340 g/mol. The van der Waals surface area contributed by atoms with E-state index < -0.39 is 12.0 Å². The molecule has 0 unspecified atom stereocenters. The normalized spacial score (nSPS) is 23.1. The highest BCUT2D eigenvalue weighted by Crippen LogP contribution is 2.31. The third-order valence-electron chi connectivity index (χ3n) is 3.63. The fourth-order valence-electron chi connectivity index (χ4n) is 2.67. The van der Waals surface area contributed by atoms with E-state index in [1.54, 1.807) is 12.4 Å². The predicted octanol–water partition coefficient (Wildman–Crippen LogP) is 0.994. The van der Waals surface area contributed by atoms with Crippen molar-refractivity contribution in [2.45, 2.75) is 24.8 Å². The number of anilines is 1. The number of hydrogen-bond acceptors (Lipinski definition) is 5. The van der Waals surface area contributed by atoms with Gasteiger partial charge in [-0.05, 0) is 35.3 Å². The molecule has 0 saturated carbocycles. The van der Waals surface area contributed by atoms with E-state index in [1.165, 1.54) is 0 Å². The monoisotopic (exact) mass is 339 g/mol. The number of piperidine rings is 1. The van der Waals surface area contributed by atoms with Crippen molar-refractivity contribution in [2.75, 3.05) is 12.3 Å². The number of nitrogen functional groups attached to an aromatic ring is 1. The summed E-state index contributed by atoms with van der Waals surface area (Å²) < 4.78 is 2.53. The van der Waals surface area contributed by atoms with Crippen molar-refractivity contribution in [1.29, 1.82) is 0 Å². The summed E-state index contributed by atoms with van der Waals surface area (Å²) in [4.78, 5) is 19.7. The summed E-state index contributed by atoms with van der Waals surface area (Å²) in [5.74, 6) is 0.490. The number of hydrogen-bond donors (Lipinski definition) is 3. The Kier molecular flexibility index (Phi) is 3.35. The molecular weight excluding hydrogens is 326 g/mol. The van der Waals surface area contributed by atoms with Gasteiger partial charge in [-0.3, -0.25) is 9.20 Å². The Morgan fingerprint density at radius 1 is 1.60 bits per heavy atom. The van der Waals surface area contributed by atoms with Crippen LogP contribution in [0.4, 0.5) is 5.82 Å². The van der Waals surface area contributed by atoms with Crippen molar-refractivity contribution < 1.29 is 9.90 Å². The molecule has 20 heavy (non-hydrogen) atoms.